The quantitative estimate of drug-likeness (QED) is 0.352. The van der Waals surface area contributed by atoms with E-state index in [1.807, 2.05) is 62.4 Å². The molecule has 0 amide bonds. The largest absolute Gasteiger partial charge is 0.454 e. The molecule has 0 aliphatic heterocycles. The Morgan fingerprint density at radius 3 is 2.53 bits per heavy atom. The molecule has 148 valence electrons. The second-order valence-corrected chi connectivity index (χ2v) is 7.11. The number of Topliss-reactive ketones (excluding diaryl/α,β-unsaturated/α-hetero) is 1. The average Bonchev–Trinajstić information content (AvgIpc) is 2.78. The summed E-state index contributed by atoms with van der Waals surface area (Å²) in [6.45, 7) is 3.61. The van der Waals surface area contributed by atoms with Crippen molar-refractivity contribution in [2.24, 2.45) is 0 Å². The molecule has 0 fully saturated rings. The van der Waals surface area contributed by atoms with Crippen LogP contribution in [0.5, 0.6) is 0 Å². The Bertz CT molecular complexity index is 1250. The summed E-state index contributed by atoms with van der Waals surface area (Å²) in [5, 5.41) is 0.675. The first kappa shape index (κ1) is 19.5. The molecule has 0 saturated heterocycles. The lowest BCUT2D eigenvalue weighted by Gasteiger charge is -2.10. The van der Waals surface area contributed by atoms with Gasteiger partial charge in [-0.2, -0.15) is 0 Å². The predicted octanol–water partition coefficient (Wildman–Crippen LogP) is 4.95. The summed E-state index contributed by atoms with van der Waals surface area (Å²) >= 11 is 0. The highest BCUT2D eigenvalue weighted by molar-refractivity contribution is 6.06. The van der Waals surface area contributed by atoms with Crippen LogP contribution in [0.1, 0.15) is 31.8 Å². The molecular weight excluding hydrogens is 376 g/mol. The zero-order valence-corrected chi connectivity index (χ0v) is 16.8. The number of pyridine rings is 2. The van der Waals surface area contributed by atoms with E-state index < -0.39 is 5.97 Å². The molecule has 0 spiro atoms. The van der Waals surface area contributed by atoms with Gasteiger partial charge in [0, 0.05) is 28.9 Å². The van der Waals surface area contributed by atoms with Crippen LogP contribution in [0, 0.1) is 13.8 Å². The van der Waals surface area contributed by atoms with E-state index in [1.165, 1.54) is 0 Å². The van der Waals surface area contributed by atoms with Gasteiger partial charge in [-0.1, -0.05) is 30.3 Å². The van der Waals surface area contributed by atoms with Crippen molar-refractivity contribution in [1.82, 2.24) is 9.97 Å². The first-order valence-corrected chi connectivity index (χ1v) is 9.60. The molecule has 2 aromatic heterocycles. The maximum absolute atomic E-state index is 12.9. The van der Waals surface area contributed by atoms with E-state index in [4.69, 9.17) is 4.74 Å². The summed E-state index contributed by atoms with van der Waals surface area (Å²) in [5.74, 6) is -0.798. The number of ketones is 1. The third-order valence-electron chi connectivity index (χ3n) is 5.06. The van der Waals surface area contributed by atoms with E-state index >= 15 is 0 Å². The number of aryl methyl sites for hydroxylation is 2. The number of benzene rings is 2. The highest BCUT2D eigenvalue weighted by Gasteiger charge is 2.17. The third-order valence-corrected chi connectivity index (χ3v) is 5.06. The first-order chi connectivity index (χ1) is 14.5. The molecule has 2 heterocycles. The maximum Gasteiger partial charge on any atom is 0.339 e. The van der Waals surface area contributed by atoms with Gasteiger partial charge < -0.3 is 4.74 Å². The summed E-state index contributed by atoms with van der Waals surface area (Å²) in [4.78, 5) is 34.1. The lowest BCUT2D eigenvalue weighted by Crippen LogP contribution is -2.15. The van der Waals surface area contributed by atoms with Crippen LogP contribution in [-0.2, 0) is 4.74 Å². The Morgan fingerprint density at radius 1 is 0.933 bits per heavy atom. The summed E-state index contributed by atoms with van der Waals surface area (Å²) in [5.41, 5.74) is 5.11. The normalized spacial score (nSPS) is 10.7. The van der Waals surface area contributed by atoms with Gasteiger partial charge in [-0.25, -0.2) is 9.78 Å². The molecule has 0 aliphatic rings. The number of para-hydroxylation sites is 1. The van der Waals surface area contributed by atoms with Crippen LogP contribution in [0.25, 0.3) is 22.2 Å². The summed E-state index contributed by atoms with van der Waals surface area (Å²) in [6.07, 6.45) is 3.37. The Balaban J connectivity index is 1.62. The number of hydrogen-bond acceptors (Lipinski definition) is 5. The van der Waals surface area contributed by atoms with Crippen molar-refractivity contribution in [3.8, 4) is 11.3 Å². The van der Waals surface area contributed by atoms with Crippen LogP contribution in [0.15, 0.2) is 73.1 Å². The molecule has 0 atom stereocenters. The number of nitrogens with zero attached hydrogens (tertiary/aromatic N) is 2. The molecule has 2 aromatic carbocycles. The monoisotopic (exact) mass is 396 g/mol. The Morgan fingerprint density at radius 2 is 1.77 bits per heavy atom. The van der Waals surface area contributed by atoms with Gasteiger partial charge in [0.2, 0.25) is 0 Å². The van der Waals surface area contributed by atoms with Gasteiger partial charge in [-0.3, -0.25) is 9.78 Å². The number of rotatable bonds is 5. The van der Waals surface area contributed by atoms with Crippen LogP contribution >= 0.6 is 0 Å². The molecule has 0 bridgehead atoms. The molecular formula is C25H20N2O3. The molecule has 4 rings (SSSR count). The van der Waals surface area contributed by atoms with Gasteiger partial charge in [0.25, 0.3) is 0 Å². The summed E-state index contributed by atoms with van der Waals surface area (Å²) in [6, 6.07) is 18.2. The maximum atomic E-state index is 12.9. The Labute approximate surface area is 174 Å². The van der Waals surface area contributed by atoms with Gasteiger partial charge in [0.1, 0.15) is 0 Å². The number of aromatic nitrogens is 2. The predicted molar refractivity (Wildman–Crippen MR) is 116 cm³/mol. The van der Waals surface area contributed by atoms with Crippen molar-refractivity contribution < 1.29 is 14.3 Å². The highest BCUT2D eigenvalue weighted by atomic mass is 16.5. The molecule has 0 N–H and O–H groups in total. The zero-order chi connectivity index (χ0) is 21.1. The van der Waals surface area contributed by atoms with Gasteiger partial charge in [-0.15, -0.1) is 0 Å². The van der Waals surface area contributed by atoms with Crippen LogP contribution in [0.4, 0.5) is 0 Å². The average molecular weight is 396 g/mol. The van der Waals surface area contributed by atoms with Crippen LogP contribution in [0.2, 0.25) is 0 Å². The SMILES string of the molecule is Cc1ccc(C(=O)COC(=O)c2cc(-c3cccnc3)nc3ccccc23)cc1C. The standard InChI is InChI=1S/C25H20N2O3/c1-16-9-10-18(12-17(16)2)24(28)15-30-25(29)21-13-23(19-6-5-11-26-14-19)27-22-8-4-3-7-20(21)22/h3-14H,15H2,1-2H3. The fraction of sp³-hybridized carbons (Fsp3) is 0.120. The summed E-state index contributed by atoms with van der Waals surface area (Å²) in [7, 11) is 0. The molecule has 5 nitrogen and oxygen atoms in total. The number of carbonyl (C=O) groups is 2. The Hall–Kier alpha value is -3.86. The van der Waals surface area contributed by atoms with Crippen molar-refractivity contribution >= 4 is 22.7 Å². The van der Waals surface area contributed by atoms with Crippen LogP contribution in [0.3, 0.4) is 0 Å². The Kier molecular flexibility index (Phi) is 5.35. The molecule has 0 radical (unpaired) electrons. The molecule has 0 saturated carbocycles. The molecule has 4 aromatic rings. The van der Waals surface area contributed by atoms with E-state index in [0.29, 0.717) is 27.7 Å². The number of esters is 1. The van der Waals surface area contributed by atoms with Gasteiger partial charge in [0.05, 0.1) is 16.8 Å². The fourth-order valence-corrected chi connectivity index (χ4v) is 3.21. The van der Waals surface area contributed by atoms with Crippen molar-refractivity contribution in [1.29, 1.82) is 0 Å². The fourth-order valence-electron chi connectivity index (χ4n) is 3.21. The highest BCUT2D eigenvalue weighted by Crippen LogP contribution is 2.25. The van der Waals surface area contributed by atoms with Crippen LogP contribution < -0.4 is 0 Å². The van der Waals surface area contributed by atoms with Gasteiger partial charge in [-0.05, 0) is 55.3 Å². The number of fused-ring (bicyclic) bond motifs is 1. The minimum Gasteiger partial charge on any atom is -0.454 e. The first-order valence-electron chi connectivity index (χ1n) is 9.60. The zero-order valence-electron chi connectivity index (χ0n) is 16.8. The van der Waals surface area contributed by atoms with E-state index in [9.17, 15) is 9.59 Å². The minimum atomic E-state index is -0.559. The minimum absolute atomic E-state index is 0.239. The topological polar surface area (TPSA) is 69.2 Å². The lowest BCUT2D eigenvalue weighted by atomic mass is 10.0. The number of carbonyl (C=O) groups excluding carboxylic acids is 2. The van der Waals surface area contributed by atoms with E-state index in [2.05, 4.69) is 9.97 Å². The molecule has 30 heavy (non-hydrogen) atoms. The van der Waals surface area contributed by atoms with Crippen molar-refractivity contribution in [2.75, 3.05) is 6.61 Å². The van der Waals surface area contributed by atoms with Crippen LogP contribution in [-0.4, -0.2) is 28.3 Å². The van der Waals surface area contributed by atoms with Crippen molar-refractivity contribution in [2.45, 2.75) is 13.8 Å². The number of ether oxygens (including phenoxy) is 1. The molecule has 5 heteroatoms. The number of hydrogen-bond donors (Lipinski definition) is 0. The summed E-state index contributed by atoms with van der Waals surface area (Å²) < 4.78 is 5.38. The van der Waals surface area contributed by atoms with Crippen molar-refractivity contribution in [3.05, 3.63) is 95.3 Å². The molecule has 0 unspecified atom stereocenters. The van der Waals surface area contributed by atoms with Gasteiger partial charge >= 0.3 is 5.97 Å². The second-order valence-electron chi connectivity index (χ2n) is 7.11. The van der Waals surface area contributed by atoms with Crippen molar-refractivity contribution in [3.63, 3.8) is 0 Å². The smallest absolute Gasteiger partial charge is 0.339 e. The second kappa shape index (κ2) is 8.25. The van der Waals surface area contributed by atoms with E-state index in [-0.39, 0.29) is 12.4 Å². The third kappa shape index (κ3) is 3.96. The molecule has 0 aliphatic carbocycles. The lowest BCUT2D eigenvalue weighted by molar-refractivity contribution is 0.0476. The van der Waals surface area contributed by atoms with E-state index in [0.717, 1.165) is 16.7 Å². The van der Waals surface area contributed by atoms with E-state index in [1.54, 1.807) is 24.5 Å². The van der Waals surface area contributed by atoms with Gasteiger partial charge in [0.15, 0.2) is 12.4 Å².